The summed E-state index contributed by atoms with van der Waals surface area (Å²) < 4.78 is 0. The number of nitrogens with one attached hydrogen (secondary N) is 1. The van der Waals surface area contributed by atoms with Gasteiger partial charge < -0.3 is 10.2 Å². The monoisotopic (exact) mass is 281 g/mol. The molecule has 108 valence electrons. The van der Waals surface area contributed by atoms with Crippen LogP contribution in [0, 0.1) is 5.41 Å². The molecule has 0 bridgehead atoms. The maximum atomic E-state index is 12.8. The smallest absolute Gasteiger partial charge is 0.254 e. The molecule has 0 saturated carbocycles. The third-order valence-electron chi connectivity index (χ3n) is 4.99. The van der Waals surface area contributed by atoms with Crippen LogP contribution in [0.4, 0.5) is 0 Å². The maximum Gasteiger partial charge on any atom is 0.254 e. The van der Waals surface area contributed by atoms with E-state index < -0.39 is 0 Å². The minimum atomic E-state index is 0.149. The summed E-state index contributed by atoms with van der Waals surface area (Å²) in [7, 11) is 0. The molecule has 1 aromatic heterocycles. The summed E-state index contributed by atoms with van der Waals surface area (Å²) in [6.07, 6.45) is 4.01. The highest BCUT2D eigenvalue weighted by molar-refractivity contribution is 6.06. The van der Waals surface area contributed by atoms with Crippen LogP contribution in [0.3, 0.4) is 0 Å². The lowest BCUT2D eigenvalue weighted by Crippen LogP contribution is -2.58. The van der Waals surface area contributed by atoms with Gasteiger partial charge in [0.15, 0.2) is 0 Å². The third-order valence-corrected chi connectivity index (χ3v) is 4.99. The zero-order valence-electron chi connectivity index (χ0n) is 12.0. The van der Waals surface area contributed by atoms with Crippen molar-refractivity contribution in [1.82, 2.24) is 15.2 Å². The fraction of sp³-hybridized carbons (Fsp3) is 0.412. The van der Waals surface area contributed by atoms with Gasteiger partial charge in [0.2, 0.25) is 0 Å². The summed E-state index contributed by atoms with van der Waals surface area (Å²) in [5.74, 6) is 0.149. The molecule has 4 heteroatoms. The Hall–Kier alpha value is -1.94. The van der Waals surface area contributed by atoms with Crippen molar-refractivity contribution < 1.29 is 4.79 Å². The van der Waals surface area contributed by atoms with Gasteiger partial charge in [0, 0.05) is 43.3 Å². The van der Waals surface area contributed by atoms with Gasteiger partial charge in [-0.05, 0) is 36.5 Å². The Balaban J connectivity index is 1.59. The van der Waals surface area contributed by atoms with E-state index in [1.807, 2.05) is 35.2 Å². The Morgan fingerprint density at radius 2 is 1.95 bits per heavy atom. The molecule has 0 unspecified atom stereocenters. The lowest BCUT2D eigenvalue weighted by molar-refractivity contribution is 0.0416. The first-order valence-electron chi connectivity index (χ1n) is 7.61. The van der Waals surface area contributed by atoms with Crippen molar-refractivity contribution in [2.75, 3.05) is 26.2 Å². The molecule has 2 aliphatic heterocycles. The van der Waals surface area contributed by atoms with E-state index in [0.29, 0.717) is 5.41 Å². The molecule has 4 nitrogen and oxygen atoms in total. The van der Waals surface area contributed by atoms with Gasteiger partial charge in [-0.3, -0.25) is 9.78 Å². The molecule has 2 saturated heterocycles. The van der Waals surface area contributed by atoms with Crippen LogP contribution in [0.25, 0.3) is 10.9 Å². The van der Waals surface area contributed by atoms with Crippen LogP contribution >= 0.6 is 0 Å². The molecule has 1 spiro atoms. The number of rotatable bonds is 1. The first-order chi connectivity index (χ1) is 10.3. The molecular formula is C17H19N3O. The average molecular weight is 281 g/mol. The number of benzene rings is 1. The minimum absolute atomic E-state index is 0.149. The van der Waals surface area contributed by atoms with Crippen LogP contribution < -0.4 is 5.32 Å². The quantitative estimate of drug-likeness (QED) is 0.870. The number of aromatic nitrogens is 1. The first kappa shape index (κ1) is 12.8. The standard InChI is InChI=1S/C17H19N3O/c21-16(20-9-6-17(7-10-20)11-18-12-17)14-3-1-5-15-13(14)4-2-8-19-15/h1-5,8,18H,6-7,9-12H2. The highest BCUT2D eigenvalue weighted by Crippen LogP contribution is 2.35. The molecule has 0 aliphatic carbocycles. The van der Waals surface area contributed by atoms with Crippen LogP contribution in [0.15, 0.2) is 36.5 Å². The van der Waals surface area contributed by atoms with Crippen LogP contribution in [0.1, 0.15) is 23.2 Å². The zero-order valence-corrected chi connectivity index (χ0v) is 12.0. The molecule has 0 atom stereocenters. The molecule has 2 aromatic rings. The SMILES string of the molecule is O=C(c1cccc2ncccc12)N1CCC2(CC1)CNC2. The van der Waals surface area contributed by atoms with Gasteiger partial charge in [-0.2, -0.15) is 0 Å². The minimum Gasteiger partial charge on any atom is -0.339 e. The van der Waals surface area contributed by atoms with Crippen molar-refractivity contribution >= 4 is 16.8 Å². The Morgan fingerprint density at radius 1 is 1.14 bits per heavy atom. The highest BCUT2D eigenvalue weighted by Gasteiger charge is 2.40. The number of pyridine rings is 1. The van der Waals surface area contributed by atoms with Gasteiger partial charge in [0.25, 0.3) is 5.91 Å². The van der Waals surface area contributed by atoms with Gasteiger partial charge >= 0.3 is 0 Å². The van der Waals surface area contributed by atoms with Gasteiger partial charge in [0.05, 0.1) is 5.52 Å². The van der Waals surface area contributed by atoms with E-state index in [4.69, 9.17) is 0 Å². The molecule has 1 amide bonds. The number of nitrogens with zero attached hydrogens (tertiary/aromatic N) is 2. The number of likely N-dealkylation sites (tertiary alicyclic amines) is 1. The second-order valence-electron chi connectivity index (χ2n) is 6.27. The summed E-state index contributed by atoms with van der Waals surface area (Å²) in [6, 6.07) is 9.67. The molecule has 3 heterocycles. The van der Waals surface area contributed by atoms with E-state index in [1.54, 1.807) is 6.20 Å². The molecular weight excluding hydrogens is 262 g/mol. The summed E-state index contributed by atoms with van der Waals surface area (Å²) in [5, 5.41) is 4.31. The fourth-order valence-electron chi connectivity index (χ4n) is 3.48. The van der Waals surface area contributed by atoms with Crippen molar-refractivity contribution in [2.45, 2.75) is 12.8 Å². The number of carbonyl (C=O) groups excluding carboxylic acids is 1. The Bertz CT molecular complexity index is 678. The maximum absolute atomic E-state index is 12.8. The van der Waals surface area contributed by atoms with E-state index in [2.05, 4.69) is 10.3 Å². The van der Waals surface area contributed by atoms with Crippen LogP contribution in [0.5, 0.6) is 0 Å². The van der Waals surface area contributed by atoms with E-state index >= 15 is 0 Å². The van der Waals surface area contributed by atoms with Crippen molar-refractivity contribution in [2.24, 2.45) is 5.41 Å². The second-order valence-corrected chi connectivity index (χ2v) is 6.27. The van der Waals surface area contributed by atoms with E-state index in [9.17, 15) is 4.79 Å². The summed E-state index contributed by atoms with van der Waals surface area (Å²) >= 11 is 0. The number of carbonyl (C=O) groups is 1. The predicted molar refractivity (Wildman–Crippen MR) is 82.2 cm³/mol. The van der Waals surface area contributed by atoms with Gasteiger partial charge in [-0.1, -0.05) is 12.1 Å². The third kappa shape index (κ3) is 2.10. The molecule has 1 aromatic carbocycles. The topological polar surface area (TPSA) is 45.2 Å². The van der Waals surface area contributed by atoms with Crippen LogP contribution in [-0.2, 0) is 0 Å². The number of hydrogen-bond donors (Lipinski definition) is 1. The number of amides is 1. The molecule has 2 aliphatic rings. The zero-order chi connectivity index (χ0) is 14.3. The van der Waals surface area contributed by atoms with Crippen LogP contribution in [0.2, 0.25) is 0 Å². The summed E-state index contributed by atoms with van der Waals surface area (Å²) in [5.41, 5.74) is 2.14. The van der Waals surface area contributed by atoms with Crippen molar-refractivity contribution in [3.05, 3.63) is 42.1 Å². The summed E-state index contributed by atoms with van der Waals surface area (Å²) in [4.78, 5) is 19.2. The lowest BCUT2D eigenvalue weighted by Gasteiger charge is -2.48. The molecule has 4 rings (SSSR count). The van der Waals surface area contributed by atoms with Gasteiger partial charge in [-0.25, -0.2) is 0 Å². The van der Waals surface area contributed by atoms with Gasteiger partial charge in [-0.15, -0.1) is 0 Å². The molecule has 0 radical (unpaired) electrons. The van der Waals surface area contributed by atoms with E-state index in [0.717, 1.165) is 55.5 Å². The number of fused-ring (bicyclic) bond motifs is 1. The van der Waals surface area contributed by atoms with Crippen molar-refractivity contribution in [1.29, 1.82) is 0 Å². The highest BCUT2D eigenvalue weighted by atomic mass is 16.2. The first-order valence-corrected chi connectivity index (χ1v) is 7.61. The number of hydrogen-bond acceptors (Lipinski definition) is 3. The van der Waals surface area contributed by atoms with E-state index in [1.165, 1.54) is 0 Å². The number of piperidine rings is 1. The molecule has 21 heavy (non-hydrogen) atoms. The van der Waals surface area contributed by atoms with Crippen molar-refractivity contribution in [3.63, 3.8) is 0 Å². The summed E-state index contributed by atoms with van der Waals surface area (Å²) in [6.45, 7) is 3.98. The largest absolute Gasteiger partial charge is 0.339 e. The average Bonchev–Trinajstić information content (AvgIpc) is 2.52. The van der Waals surface area contributed by atoms with Gasteiger partial charge in [0.1, 0.15) is 0 Å². The molecule has 1 N–H and O–H groups in total. The second kappa shape index (κ2) is 4.81. The predicted octanol–water partition coefficient (Wildman–Crippen LogP) is 2.06. The Morgan fingerprint density at radius 3 is 2.67 bits per heavy atom. The van der Waals surface area contributed by atoms with Crippen molar-refractivity contribution in [3.8, 4) is 0 Å². The Labute approximate surface area is 124 Å². The van der Waals surface area contributed by atoms with Crippen LogP contribution in [-0.4, -0.2) is 42.0 Å². The lowest BCUT2D eigenvalue weighted by atomic mass is 9.73. The normalized spacial score (nSPS) is 20.5. The van der Waals surface area contributed by atoms with E-state index in [-0.39, 0.29) is 5.91 Å². The molecule has 2 fully saturated rings. The Kier molecular flexibility index (Phi) is 2.93. The fourth-order valence-corrected chi connectivity index (χ4v) is 3.48.